The van der Waals surface area contributed by atoms with Gasteiger partial charge in [-0.25, -0.2) is 0 Å². The number of benzene rings is 1. The summed E-state index contributed by atoms with van der Waals surface area (Å²) in [5.41, 5.74) is 8.95. The molecule has 9 nitrogen and oxygen atoms in total. The van der Waals surface area contributed by atoms with Crippen LogP contribution in [0, 0.1) is 0 Å². The minimum Gasteiger partial charge on any atom is -0.368 e. The van der Waals surface area contributed by atoms with Crippen LogP contribution in [0.25, 0.3) is 11.3 Å². The second-order valence-corrected chi connectivity index (χ2v) is 6.20. The van der Waals surface area contributed by atoms with Crippen LogP contribution in [0.15, 0.2) is 30.3 Å². The van der Waals surface area contributed by atoms with Gasteiger partial charge in [0.25, 0.3) is 5.91 Å². The topological polar surface area (TPSA) is 126 Å². The minimum atomic E-state index is -0.302. The lowest BCUT2D eigenvalue weighted by atomic mass is 10.1. The van der Waals surface area contributed by atoms with Gasteiger partial charge in [0.05, 0.1) is 12.2 Å². The molecule has 1 amide bonds. The first-order valence-corrected chi connectivity index (χ1v) is 8.57. The van der Waals surface area contributed by atoms with Gasteiger partial charge in [-0.15, -0.1) is 0 Å². The lowest BCUT2D eigenvalue weighted by molar-refractivity contribution is 0.0945. The summed E-state index contributed by atoms with van der Waals surface area (Å²) in [6, 6.07) is 9.80. The number of aryl methyl sites for hydroxylation is 1. The summed E-state index contributed by atoms with van der Waals surface area (Å²) in [4.78, 5) is 26.4. The van der Waals surface area contributed by atoms with E-state index in [1.165, 1.54) is 5.56 Å². The van der Waals surface area contributed by atoms with Crippen molar-refractivity contribution in [3.8, 4) is 11.3 Å². The molecule has 2 heterocycles. The number of aromatic nitrogens is 5. The Labute approximate surface area is 157 Å². The number of nitrogens with two attached hydrogens (primary N) is 1. The third-order valence-corrected chi connectivity index (χ3v) is 3.97. The molecule has 0 saturated carbocycles. The van der Waals surface area contributed by atoms with Crippen molar-refractivity contribution in [2.24, 2.45) is 0 Å². The van der Waals surface area contributed by atoms with Gasteiger partial charge in [-0.1, -0.05) is 31.2 Å². The van der Waals surface area contributed by atoms with Crippen molar-refractivity contribution in [2.45, 2.75) is 19.9 Å². The van der Waals surface area contributed by atoms with Crippen LogP contribution in [0.3, 0.4) is 0 Å². The standard InChI is InChI=1S/C18H22N8O/c1-4-11-5-7-12(8-6-11)13-9-14(25-24-13)16(27)20-10-15-21-17(19)23-18(22-15)26(2)3/h5-9H,4,10H2,1-3H3,(H,20,27)(H,24,25)(H2,19,21,22,23). The van der Waals surface area contributed by atoms with Crippen molar-refractivity contribution in [1.82, 2.24) is 30.5 Å². The van der Waals surface area contributed by atoms with E-state index in [4.69, 9.17) is 5.73 Å². The maximum Gasteiger partial charge on any atom is 0.269 e. The Morgan fingerprint density at radius 2 is 1.93 bits per heavy atom. The highest BCUT2D eigenvalue weighted by atomic mass is 16.1. The number of hydrogen-bond donors (Lipinski definition) is 3. The van der Waals surface area contributed by atoms with Gasteiger partial charge in [0, 0.05) is 19.7 Å². The summed E-state index contributed by atoms with van der Waals surface area (Å²) in [6.45, 7) is 2.24. The zero-order chi connectivity index (χ0) is 19.4. The fraction of sp³-hybridized carbons (Fsp3) is 0.278. The molecule has 3 rings (SSSR count). The number of carbonyl (C=O) groups is 1. The number of rotatable bonds is 6. The fourth-order valence-corrected chi connectivity index (χ4v) is 2.46. The van der Waals surface area contributed by atoms with Crippen LogP contribution in [0.4, 0.5) is 11.9 Å². The summed E-state index contributed by atoms with van der Waals surface area (Å²) in [5, 5.41) is 9.73. The van der Waals surface area contributed by atoms with Gasteiger partial charge >= 0.3 is 0 Å². The smallest absolute Gasteiger partial charge is 0.269 e. The number of amides is 1. The highest BCUT2D eigenvalue weighted by Gasteiger charge is 2.13. The molecular weight excluding hydrogens is 344 g/mol. The number of carbonyl (C=O) groups excluding carboxylic acids is 1. The Morgan fingerprint density at radius 1 is 1.19 bits per heavy atom. The average Bonchev–Trinajstić information content (AvgIpc) is 3.16. The van der Waals surface area contributed by atoms with E-state index in [1.807, 2.05) is 12.1 Å². The molecule has 0 fully saturated rings. The van der Waals surface area contributed by atoms with E-state index >= 15 is 0 Å². The third kappa shape index (κ3) is 4.38. The Kier molecular flexibility index (Phi) is 5.30. The molecule has 140 valence electrons. The predicted octanol–water partition coefficient (Wildman–Crippen LogP) is 1.40. The number of nitrogen functional groups attached to an aromatic ring is 1. The molecule has 27 heavy (non-hydrogen) atoms. The van der Waals surface area contributed by atoms with Crippen molar-refractivity contribution in [2.75, 3.05) is 24.7 Å². The summed E-state index contributed by atoms with van der Waals surface area (Å²) in [6.07, 6.45) is 0.978. The van der Waals surface area contributed by atoms with Gasteiger partial charge in [-0.3, -0.25) is 9.89 Å². The molecule has 0 atom stereocenters. The van der Waals surface area contributed by atoms with E-state index in [2.05, 4.69) is 49.5 Å². The zero-order valence-electron chi connectivity index (χ0n) is 15.5. The van der Waals surface area contributed by atoms with E-state index in [0.29, 0.717) is 23.2 Å². The first-order valence-electron chi connectivity index (χ1n) is 8.57. The molecule has 4 N–H and O–H groups in total. The van der Waals surface area contributed by atoms with E-state index in [-0.39, 0.29) is 18.4 Å². The number of nitrogens with zero attached hydrogens (tertiary/aromatic N) is 5. The highest BCUT2D eigenvalue weighted by Crippen LogP contribution is 2.18. The van der Waals surface area contributed by atoms with Gasteiger partial charge in [-0.05, 0) is 18.1 Å². The number of anilines is 2. The fourth-order valence-electron chi connectivity index (χ4n) is 2.46. The van der Waals surface area contributed by atoms with Crippen LogP contribution in [-0.4, -0.2) is 45.2 Å². The maximum absolute atomic E-state index is 12.4. The molecule has 0 bridgehead atoms. The Bertz CT molecular complexity index is 933. The van der Waals surface area contributed by atoms with E-state index in [9.17, 15) is 4.79 Å². The lowest BCUT2D eigenvalue weighted by Crippen LogP contribution is -2.25. The molecule has 0 aliphatic heterocycles. The van der Waals surface area contributed by atoms with Gasteiger partial charge < -0.3 is 16.0 Å². The number of nitrogens with one attached hydrogen (secondary N) is 2. The second-order valence-electron chi connectivity index (χ2n) is 6.20. The van der Waals surface area contributed by atoms with Crippen LogP contribution in [0.2, 0.25) is 0 Å². The SMILES string of the molecule is CCc1ccc(-c2cc(C(=O)NCc3nc(N)nc(N(C)C)n3)[nH]n2)cc1. The van der Waals surface area contributed by atoms with Crippen molar-refractivity contribution >= 4 is 17.8 Å². The van der Waals surface area contributed by atoms with Gasteiger partial charge in [0.15, 0.2) is 5.82 Å². The monoisotopic (exact) mass is 366 g/mol. The molecule has 0 spiro atoms. The Hall–Kier alpha value is -3.49. The van der Waals surface area contributed by atoms with Crippen LogP contribution in [0.1, 0.15) is 28.8 Å². The van der Waals surface area contributed by atoms with E-state index < -0.39 is 0 Å². The second kappa shape index (κ2) is 7.81. The quantitative estimate of drug-likeness (QED) is 0.602. The summed E-state index contributed by atoms with van der Waals surface area (Å²) >= 11 is 0. The van der Waals surface area contributed by atoms with E-state index in [1.54, 1.807) is 25.1 Å². The summed E-state index contributed by atoms with van der Waals surface area (Å²) in [5.74, 6) is 0.627. The summed E-state index contributed by atoms with van der Waals surface area (Å²) < 4.78 is 0. The van der Waals surface area contributed by atoms with Crippen LogP contribution in [0.5, 0.6) is 0 Å². The van der Waals surface area contributed by atoms with Gasteiger partial charge in [0.2, 0.25) is 11.9 Å². The van der Waals surface area contributed by atoms with Crippen LogP contribution >= 0.6 is 0 Å². The van der Waals surface area contributed by atoms with Crippen LogP contribution in [-0.2, 0) is 13.0 Å². The first-order chi connectivity index (χ1) is 13.0. The van der Waals surface area contributed by atoms with Crippen molar-refractivity contribution < 1.29 is 4.79 Å². The number of H-pyrrole nitrogens is 1. The molecular formula is C18H22N8O. The predicted molar refractivity (Wildman–Crippen MR) is 103 cm³/mol. The number of aromatic amines is 1. The molecule has 0 saturated heterocycles. The van der Waals surface area contributed by atoms with Crippen molar-refractivity contribution in [3.63, 3.8) is 0 Å². The molecule has 9 heteroatoms. The molecule has 0 aliphatic carbocycles. The molecule has 0 unspecified atom stereocenters. The largest absolute Gasteiger partial charge is 0.368 e. The molecule has 2 aromatic heterocycles. The van der Waals surface area contributed by atoms with Gasteiger partial charge in [-0.2, -0.15) is 20.1 Å². The van der Waals surface area contributed by atoms with E-state index in [0.717, 1.165) is 12.0 Å². The first kappa shape index (κ1) is 18.3. The molecule has 0 aliphatic rings. The summed E-state index contributed by atoms with van der Waals surface area (Å²) in [7, 11) is 3.60. The lowest BCUT2D eigenvalue weighted by Gasteiger charge is -2.11. The molecule has 0 radical (unpaired) electrons. The van der Waals surface area contributed by atoms with Crippen LogP contribution < -0.4 is 16.0 Å². The Morgan fingerprint density at radius 3 is 2.59 bits per heavy atom. The minimum absolute atomic E-state index is 0.109. The number of hydrogen-bond acceptors (Lipinski definition) is 7. The Balaban J connectivity index is 1.67. The highest BCUT2D eigenvalue weighted by molar-refractivity contribution is 5.93. The van der Waals surface area contributed by atoms with Crippen molar-refractivity contribution in [1.29, 1.82) is 0 Å². The average molecular weight is 366 g/mol. The molecule has 1 aromatic carbocycles. The zero-order valence-corrected chi connectivity index (χ0v) is 15.5. The molecule has 3 aromatic rings. The van der Waals surface area contributed by atoms with Crippen molar-refractivity contribution in [3.05, 3.63) is 47.4 Å². The van der Waals surface area contributed by atoms with Gasteiger partial charge in [0.1, 0.15) is 5.69 Å². The third-order valence-electron chi connectivity index (χ3n) is 3.97. The maximum atomic E-state index is 12.4. The normalized spacial score (nSPS) is 10.6.